The molecule has 4 atom stereocenters. The van der Waals surface area contributed by atoms with Crippen LogP contribution < -0.4 is 0 Å². The largest absolute Gasteiger partial charge is 0.388 e. The summed E-state index contributed by atoms with van der Waals surface area (Å²) in [5.74, 6) is 0. The zero-order valence-corrected chi connectivity index (χ0v) is 10.6. The van der Waals surface area contributed by atoms with Crippen LogP contribution in [0.15, 0.2) is 36.5 Å². The van der Waals surface area contributed by atoms with Gasteiger partial charge in [0, 0.05) is 0 Å². The van der Waals surface area contributed by atoms with Gasteiger partial charge in [-0.15, -0.1) is 0 Å². The van der Waals surface area contributed by atoms with Gasteiger partial charge in [-0.05, 0) is 12.1 Å². The van der Waals surface area contributed by atoms with Crippen LogP contribution in [-0.4, -0.2) is 55.2 Å². The highest BCUT2D eigenvalue weighted by atomic mass is 16.5. The molecule has 2 heterocycles. The van der Waals surface area contributed by atoms with Crippen LogP contribution in [0.1, 0.15) is 11.8 Å². The summed E-state index contributed by atoms with van der Waals surface area (Å²) in [6.45, 7) is -0.0545. The molecule has 0 bridgehead atoms. The summed E-state index contributed by atoms with van der Waals surface area (Å²) in [6.07, 6.45) is -2.91. The number of ether oxygens (including phenoxy) is 1. The van der Waals surface area contributed by atoms with E-state index < -0.39 is 24.4 Å². The van der Waals surface area contributed by atoms with Gasteiger partial charge in [0.15, 0.2) is 0 Å². The normalized spacial score (nSPS) is 30.4. The molecule has 1 saturated heterocycles. The molecule has 106 valence electrons. The molecule has 0 spiro atoms. The second-order valence-electron chi connectivity index (χ2n) is 4.70. The van der Waals surface area contributed by atoms with Gasteiger partial charge in [0.2, 0.25) is 0 Å². The maximum atomic E-state index is 9.93. The average molecular weight is 277 g/mol. The molecule has 3 rings (SSSR count). The number of aliphatic hydroxyl groups is 3. The van der Waals surface area contributed by atoms with Crippen LogP contribution in [0.2, 0.25) is 0 Å². The van der Waals surface area contributed by atoms with E-state index in [2.05, 4.69) is 10.2 Å². The van der Waals surface area contributed by atoms with Crippen LogP contribution in [0, 0.1) is 0 Å². The van der Waals surface area contributed by atoms with Crippen molar-refractivity contribution in [2.45, 2.75) is 24.4 Å². The standard InChI is InChI=1S/C13H15N3O4/c17-10-7-20-13(12(19)11(10)18)9-6-14-16(15-9)8-4-2-1-3-5-8/h1-6,10-13,17-19H,7H2/t10-,11+,12+,13+/m1/s1. The Kier molecular flexibility index (Phi) is 3.49. The van der Waals surface area contributed by atoms with Gasteiger partial charge in [-0.25, -0.2) is 0 Å². The number of benzene rings is 1. The molecule has 0 aliphatic carbocycles. The first kappa shape index (κ1) is 13.2. The van der Waals surface area contributed by atoms with E-state index in [-0.39, 0.29) is 6.61 Å². The number of rotatable bonds is 2. The molecule has 20 heavy (non-hydrogen) atoms. The third-order valence-corrected chi connectivity index (χ3v) is 3.29. The lowest BCUT2D eigenvalue weighted by Gasteiger charge is -2.34. The van der Waals surface area contributed by atoms with Gasteiger partial charge in [0.05, 0.1) is 18.5 Å². The van der Waals surface area contributed by atoms with Gasteiger partial charge in [-0.3, -0.25) is 0 Å². The van der Waals surface area contributed by atoms with E-state index in [9.17, 15) is 15.3 Å². The zero-order chi connectivity index (χ0) is 14.1. The Hall–Kier alpha value is -1.80. The van der Waals surface area contributed by atoms with Gasteiger partial charge in [0.1, 0.15) is 30.1 Å². The van der Waals surface area contributed by atoms with Crippen LogP contribution >= 0.6 is 0 Å². The molecule has 1 fully saturated rings. The summed E-state index contributed by atoms with van der Waals surface area (Å²) in [6, 6.07) is 9.32. The molecule has 2 aromatic rings. The minimum atomic E-state index is -1.25. The number of hydrogen-bond acceptors (Lipinski definition) is 6. The Morgan fingerprint density at radius 1 is 1.10 bits per heavy atom. The number of para-hydroxylation sites is 1. The van der Waals surface area contributed by atoms with Crippen LogP contribution in [0.3, 0.4) is 0 Å². The zero-order valence-electron chi connectivity index (χ0n) is 10.6. The van der Waals surface area contributed by atoms with Crippen molar-refractivity contribution < 1.29 is 20.1 Å². The highest BCUT2D eigenvalue weighted by Gasteiger charge is 2.39. The van der Waals surface area contributed by atoms with E-state index in [1.807, 2.05) is 30.3 Å². The van der Waals surface area contributed by atoms with E-state index >= 15 is 0 Å². The Labute approximate surface area is 115 Å². The number of hydrogen-bond donors (Lipinski definition) is 3. The van der Waals surface area contributed by atoms with Crippen molar-refractivity contribution in [1.29, 1.82) is 0 Å². The lowest BCUT2D eigenvalue weighted by molar-refractivity contribution is -0.190. The lowest BCUT2D eigenvalue weighted by atomic mass is 9.98. The molecule has 1 aliphatic heterocycles. The molecular formula is C13H15N3O4. The summed E-state index contributed by atoms with van der Waals surface area (Å²) in [5.41, 5.74) is 1.19. The minimum Gasteiger partial charge on any atom is -0.388 e. The Morgan fingerprint density at radius 2 is 1.85 bits per heavy atom. The fourth-order valence-corrected chi connectivity index (χ4v) is 2.16. The quantitative estimate of drug-likeness (QED) is 0.679. The van der Waals surface area contributed by atoms with Crippen molar-refractivity contribution in [1.82, 2.24) is 15.0 Å². The summed E-state index contributed by atoms with van der Waals surface area (Å²) >= 11 is 0. The summed E-state index contributed by atoms with van der Waals surface area (Å²) in [7, 11) is 0. The fraction of sp³-hybridized carbons (Fsp3) is 0.385. The third-order valence-electron chi connectivity index (χ3n) is 3.29. The van der Waals surface area contributed by atoms with Crippen LogP contribution in [0.4, 0.5) is 0 Å². The Balaban J connectivity index is 1.84. The van der Waals surface area contributed by atoms with Gasteiger partial charge in [-0.2, -0.15) is 15.0 Å². The summed E-state index contributed by atoms with van der Waals surface area (Å²) < 4.78 is 5.33. The van der Waals surface area contributed by atoms with E-state index in [0.717, 1.165) is 5.69 Å². The molecular weight excluding hydrogens is 262 g/mol. The number of aromatic nitrogens is 3. The first-order valence-electron chi connectivity index (χ1n) is 6.30. The topological polar surface area (TPSA) is 101 Å². The van der Waals surface area contributed by atoms with Crippen molar-refractivity contribution in [3.63, 3.8) is 0 Å². The first-order chi connectivity index (χ1) is 9.66. The molecule has 0 saturated carbocycles. The van der Waals surface area contributed by atoms with Gasteiger partial charge >= 0.3 is 0 Å². The Bertz CT molecular complexity index is 574. The maximum absolute atomic E-state index is 9.93. The SMILES string of the molecule is O[C@@H]1[C@H](O)[C@H](c2cnn(-c3ccccc3)n2)OC[C@H]1O. The molecule has 3 N–H and O–H groups in total. The van der Waals surface area contributed by atoms with Crippen molar-refractivity contribution >= 4 is 0 Å². The smallest absolute Gasteiger partial charge is 0.131 e. The molecule has 0 unspecified atom stereocenters. The van der Waals surface area contributed by atoms with Crippen molar-refractivity contribution in [2.75, 3.05) is 6.61 Å². The van der Waals surface area contributed by atoms with Crippen LogP contribution in [-0.2, 0) is 4.74 Å². The first-order valence-corrected chi connectivity index (χ1v) is 6.30. The number of aliphatic hydroxyl groups excluding tert-OH is 3. The van der Waals surface area contributed by atoms with E-state index in [1.165, 1.54) is 11.0 Å². The predicted octanol–water partition coefficient (Wildman–Crippen LogP) is -0.579. The molecule has 1 aliphatic rings. The van der Waals surface area contributed by atoms with Crippen molar-refractivity contribution in [2.24, 2.45) is 0 Å². The second kappa shape index (κ2) is 5.29. The molecule has 0 amide bonds. The molecule has 1 aromatic heterocycles. The summed E-state index contributed by atoms with van der Waals surface area (Å²) in [5, 5.41) is 37.4. The third kappa shape index (κ3) is 2.32. The number of nitrogens with zero attached hydrogens (tertiary/aromatic N) is 3. The van der Waals surface area contributed by atoms with Crippen molar-refractivity contribution in [3.05, 3.63) is 42.2 Å². The van der Waals surface area contributed by atoms with Gasteiger partial charge < -0.3 is 20.1 Å². The second-order valence-corrected chi connectivity index (χ2v) is 4.70. The minimum absolute atomic E-state index is 0.0545. The average Bonchev–Trinajstić information content (AvgIpc) is 2.95. The highest BCUT2D eigenvalue weighted by Crippen LogP contribution is 2.27. The summed E-state index contributed by atoms with van der Waals surface area (Å²) in [4.78, 5) is 1.42. The molecule has 1 aromatic carbocycles. The van der Waals surface area contributed by atoms with E-state index in [0.29, 0.717) is 5.69 Å². The van der Waals surface area contributed by atoms with Gasteiger partial charge in [0.25, 0.3) is 0 Å². The highest BCUT2D eigenvalue weighted by molar-refractivity contribution is 5.28. The van der Waals surface area contributed by atoms with E-state index in [1.54, 1.807) is 0 Å². The molecule has 7 nitrogen and oxygen atoms in total. The Morgan fingerprint density at radius 3 is 2.60 bits per heavy atom. The van der Waals surface area contributed by atoms with Gasteiger partial charge in [-0.1, -0.05) is 18.2 Å². The lowest BCUT2D eigenvalue weighted by Crippen LogP contribution is -2.49. The molecule has 0 radical (unpaired) electrons. The monoisotopic (exact) mass is 277 g/mol. The maximum Gasteiger partial charge on any atom is 0.131 e. The molecule has 7 heteroatoms. The van der Waals surface area contributed by atoms with Crippen LogP contribution in [0.5, 0.6) is 0 Å². The van der Waals surface area contributed by atoms with Crippen molar-refractivity contribution in [3.8, 4) is 5.69 Å². The van der Waals surface area contributed by atoms with Crippen LogP contribution in [0.25, 0.3) is 5.69 Å². The fourth-order valence-electron chi connectivity index (χ4n) is 2.16. The van der Waals surface area contributed by atoms with E-state index in [4.69, 9.17) is 4.74 Å². The predicted molar refractivity (Wildman–Crippen MR) is 68.1 cm³/mol.